The predicted octanol–water partition coefficient (Wildman–Crippen LogP) is 2.10. The van der Waals surface area contributed by atoms with Gasteiger partial charge in [-0.05, 0) is 44.6 Å². The van der Waals surface area contributed by atoms with Crippen LogP contribution in [0.25, 0.3) is 0 Å². The first kappa shape index (κ1) is 13.2. The summed E-state index contributed by atoms with van der Waals surface area (Å²) in [6.45, 7) is 3.02. The molecule has 4 nitrogen and oxygen atoms in total. The third-order valence-corrected chi connectivity index (χ3v) is 5.14. The number of hydrogen-bond donors (Lipinski definition) is 2. The van der Waals surface area contributed by atoms with Crippen molar-refractivity contribution in [3.63, 3.8) is 0 Å². The molecule has 2 N–H and O–H groups in total. The molecule has 1 saturated carbocycles. The van der Waals surface area contributed by atoms with E-state index in [9.17, 15) is 4.79 Å². The smallest absolute Gasteiger partial charge is 0.317 e. The van der Waals surface area contributed by atoms with E-state index >= 15 is 0 Å². The monoisotopic (exact) mass is 265 g/mol. The SMILES string of the molecule is O=C1NC(C2CCCCC2)CN1CCC1CCCN1. The second-order valence-corrected chi connectivity index (χ2v) is 6.48. The van der Waals surface area contributed by atoms with Gasteiger partial charge in [0.25, 0.3) is 0 Å². The van der Waals surface area contributed by atoms with Gasteiger partial charge in [0.15, 0.2) is 0 Å². The molecule has 0 radical (unpaired) electrons. The fourth-order valence-electron chi connectivity index (χ4n) is 3.93. The molecular weight excluding hydrogens is 238 g/mol. The molecule has 0 aromatic rings. The Kier molecular flexibility index (Phi) is 4.26. The Bertz CT molecular complexity index is 309. The molecule has 2 heterocycles. The Morgan fingerprint density at radius 3 is 2.68 bits per heavy atom. The fraction of sp³-hybridized carbons (Fsp3) is 0.933. The maximum absolute atomic E-state index is 12.0. The average molecular weight is 265 g/mol. The second-order valence-electron chi connectivity index (χ2n) is 6.48. The van der Waals surface area contributed by atoms with Gasteiger partial charge in [-0.15, -0.1) is 0 Å². The van der Waals surface area contributed by atoms with Gasteiger partial charge in [0.1, 0.15) is 0 Å². The van der Waals surface area contributed by atoms with Crippen molar-refractivity contribution in [1.82, 2.24) is 15.5 Å². The van der Waals surface area contributed by atoms with Gasteiger partial charge in [0, 0.05) is 19.1 Å². The van der Waals surface area contributed by atoms with E-state index in [1.165, 1.54) is 44.9 Å². The van der Waals surface area contributed by atoms with Crippen molar-refractivity contribution >= 4 is 6.03 Å². The molecule has 1 aliphatic carbocycles. The fourth-order valence-corrected chi connectivity index (χ4v) is 3.93. The van der Waals surface area contributed by atoms with Gasteiger partial charge in [-0.3, -0.25) is 0 Å². The summed E-state index contributed by atoms with van der Waals surface area (Å²) in [5.74, 6) is 0.729. The van der Waals surface area contributed by atoms with Crippen LogP contribution in [0, 0.1) is 5.92 Å². The molecule has 3 aliphatic rings. The van der Waals surface area contributed by atoms with E-state index in [0.29, 0.717) is 12.1 Å². The Morgan fingerprint density at radius 1 is 1.11 bits per heavy atom. The molecule has 19 heavy (non-hydrogen) atoms. The molecule has 2 amide bonds. The first-order valence-electron chi connectivity index (χ1n) is 8.12. The molecule has 2 saturated heterocycles. The molecule has 2 unspecified atom stereocenters. The zero-order valence-corrected chi connectivity index (χ0v) is 11.9. The summed E-state index contributed by atoms with van der Waals surface area (Å²) in [7, 11) is 0. The van der Waals surface area contributed by atoms with Crippen molar-refractivity contribution < 1.29 is 4.79 Å². The van der Waals surface area contributed by atoms with Gasteiger partial charge in [0.05, 0.1) is 6.04 Å². The Hall–Kier alpha value is -0.770. The van der Waals surface area contributed by atoms with Gasteiger partial charge in [-0.1, -0.05) is 19.3 Å². The average Bonchev–Trinajstić information content (AvgIpc) is 3.07. The van der Waals surface area contributed by atoms with E-state index in [4.69, 9.17) is 0 Å². The summed E-state index contributed by atoms with van der Waals surface area (Å²) in [6.07, 6.45) is 10.4. The first-order valence-corrected chi connectivity index (χ1v) is 8.12. The summed E-state index contributed by atoms with van der Waals surface area (Å²) in [6, 6.07) is 1.24. The van der Waals surface area contributed by atoms with Crippen LogP contribution in [0.4, 0.5) is 4.79 Å². The highest BCUT2D eigenvalue weighted by Gasteiger charge is 2.34. The topological polar surface area (TPSA) is 44.4 Å². The van der Waals surface area contributed by atoms with E-state index in [0.717, 1.165) is 32.0 Å². The maximum Gasteiger partial charge on any atom is 0.317 e. The van der Waals surface area contributed by atoms with E-state index in [-0.39, 0.29) is 6.03 Å². The van der Waals surface area contributed by atoms with Gasteiger partial charge in [-0.25, -0.2) is 4.79 Å². The first-order chi connectivity index (χ1) is 9.33. The van der Waals surface area contributed by atoms with Crippen LogP contribution >= 0.6 is 0 Å². The van der Waals surface area contributed by atoms with Gasteiger partial charge in [-0.2, -0.15) is 0 Å². The summed E-state index contributed by atoms with van der Waals surface area (Å²) in [4.78, 5) is 14.1. The van der Waals surface area contributed by atoms with Crippen molar-refractivity contribution in [1.29, 1.82) is 0 Å². The van der Waals surface area contributed by atoms with E-state index in [1.807, 2.05) is 4.90 Å². The van der Waals surface area contributed by atoms with Crippen LogP contribution in [0.15, 0.2) is 0 Å². The zero-order valence-electron chi connectivity index (χ0n) is 11.9. The summed E-state index contributed by atoms with van der Waals surface area (Å²) in [5.41, 5.74) is 0. The summed E-state index contributed by atoms with van der Waals surface area (Å²) < 4.78 is 0. The van der Waals surface area contributed by atoms with E-state index in [2.05, 4.69) is 10.6 Å². The Labute approximate surface area is 116 Å². The number of carbonyl (C=O) groups is 1. The van der Waals surface area contributed by atoms with Crippen LogP contribution in [0.3, 0.4) is 0 Å². The van der Waals surface area contributed by atoms with Crippen LogP contribution < -0.4 is 10.6 Å². The molecule has 0 bridgehead atoms. The van der Waals surface area contributed by atoms with E-state index < -0.39 is 0 Å². The highest BCUT2D eigenvalue weighted by molar-refractivity contribution is 5.76. The number of rotatable bonds is 4. The van der Waals surface area contributed by atoms with Crippen LogP contribution in [-0.4, -0.2) is 42.6 Å². The van der Waals surface area contributed by atoms with Crippen LogP contribution in [0.1, 0.15) is 51.4 Å². The largest absolute Gasteiger partial charge is 0.333 e. The lowest BCUT2D eigenvalue weighted by Crippen LogP contribution is -2.35. The summed E-state index contributed by atoms with van der Waals surface area (Å²) in [5, 5.41) is 6.73. The second kappa shape index (κ2) is 6.12. The van der Waals surface area contributed by atoms with Crippen LogP contribution in [-0.2, 0) is 0 Å². The molecule has 2 aliphatic heterocycles. The molecule has 3 fully saturated rings. The molecular formula is C15H27N3O. The molecule has 2 atom stereocenters. The van der Waals surface area contributed by atoms with Gasteiger partial charge < -0.3 is 15.5 Å². The van der Waals surface area contributed by atoms with Gasteiger partial charge in [0.2, 0.25) is 0 Å². The Balaban J connectivity index is 1.45. The molecule has 0 aromatic carbocycles. The number of carbonyl (C=O) groups excluding carboxylic acids is 1. The van der Waals surface area contributed by atoms with Crippen LogP contribution in [0.5, 0.6) is 0 Å². The molecule has 3 rings (SSSR count). The maximum atomic E-state index is 12.0. The quantitative estimate of drug-likeness (QED) is 0.817. The third kappa shape index (κ3) is 3.22. The number of nitrogens with zero attached hydrogens (tertiary/aromatic N) is 1. The lowest BCUT2D eigenvalue weighted by molar-refractivity contribution is 0.215. The minimum Gasteiger partial charge on any atom is -0.333 e. The van der Waals surface area contributed by atoms with Crippen molar-refractivity contribution in [3.8, 4) is 0 Å². The summed E-state index contributed by atoms with van der Waals surface area (Å²) >= 11 is 0. The van der Waals surface area contributed by atoms with Crippen molar-refractivity contribution in [2.24, 2.45) is 5.92 Å². The van der Waals surface area contributed by atoms with Crippen molar-refractivity contribution in [3.05, 3.63) is 0 Å². The van der Waals surface area contributed by atoms with Gasteiger partial charge >= 0.3 is 6.03 Å². The highest BCUT2D eigenvalue weighted by atomic mass is 16.2. The lowest BCUT2D eigenvalue weighted by atomic mass is 9.84. The predicted molar refractivity (Wildman–Crippen MR) is 76.1 cm³/mol. The zero-order chi connectivity index (χ0) is 13.1. The third-order valence-electron chi connectivity index (χ3n) is 5.14. The number of nitrogens with one attached hydrogen (secondary N) is 2. The Morgan fingerprint density at radius 2 is 1.95 bits per heavy atom. The number of amides is 2. The van der Waals surface area contributed by atoms with Crippen molar-refractivity contribution in [2.75, 3.05) is 19.6 Å². The lowest BCUT2D eigenvalue weighted by Gasteiger charge is -2.26. The normalized spacial score (nSPS) is 32.8. The minimum absolute atomic E-state index is 0.175. The van der Waals surface area contributed by atoms with Crippen LogP contribution in [0.2, 0.25) is 0 Å². The van der Waals surface area contributed by atoms with E-state index in [1.54, 1.807) is 0 Å². The number of hydrogen-bond acceptors (Lipinski definition) is 2. The molecule has 0 aromatic heterocycles. The number of urea groups is 1. The highest BCUT2D eigenvalue weighted by Crippen LogP contribution is 2.28. The van der Waals surface area contributed by atoms with Crippen molar-refractivity contribution in [2.45, 2.75) is 63.5 Å². The molecule has 0 spiro atoms. The molecule has 4 heteroatoms. The standard InChI is InChI=1S/C15H27N3O/c19-15-17-14(12-5-2-1-3-6-12)11-18(15)10-8-13-7-4-9-16-13/h12-14,16H,1-11H2,(H,17,19). The minimum atomic E-state index is 0.175. The molecule has 108 valence electrons.